The van der Waals surface area contributed by atoms with Crippen LogP contribution in [0.3, 0.4) is 0 Å². The van der Waals surface area contributed by atoms with Crippen LogP contribution in [0, 0.1) is 0 Å². The summed E-state index contributed by atoms with van der Waals surface area (Å²) in [6.45, 7) is 14.5. The van der Waals surface area contributed by atoms with Crippen LogP contribution in [0.2, 0.25) is 0 Å². The Kier molecular flexibility index (Phi) is 7.79. The summed E-state index contributed by atoms with van der Waals surface area (Å²) >= 11 is 0. The molecule has 2 nitrogen and oxygen atoms in total. The topological polar surface area (TPSA) is 7.76 Å². The summed E-state index contributed by atoms with van der Waals surface area (Å²) < 4.78 is 4.88. The van der Waals surface area contributed by atoms with Crippen LogP contribution in [0.1, 0.15) is 63.8 Å². The van der Waals surface area contributed by atoms with Gasteiger partial charge in [-0.3, -0.25) is 0 Å². The molecule has 7 aromatic rings. The first-order chi connectivity index (χ1) is 24.0. The molecule has 0 saturated carbocycles. The second-order valence-electron chi connectivity index (χ2n) is 16.0. The highest BCUT2D eigenvalue weighted by Gasteiger charge is 2.28. The molecular formula is C48H46N2+2. The molecule has 0 aliphatic carbocycles. The van der Waals surface area contributed by atoms with Gasteiger partial charge in [-0.25, -0.2) is 0 Å². The van der Waals surface area contributed by atoms with Crippen molar-refractivity contribution in [3.63, 3.8) is 0 Å². The monoisotopic (exact) mass is 650 g/mol. The predicted octanol–water partition coefficient (Wildman–Crippen LogP) is 11.2. The maximum absolute atomic E-state index is 2.45. The third kappa shape index (κ3) is 5.94. The standard InChI is InChI=1S/C48H46N2/c1-47(2,3)39-22-21-35-16-12-17-37-27-42-38(20-19-34-15-10-11-18-41(34)42)28-43(37)45-29-36(33-13-8-7-9-14-33)23-25-49(45)32-50-26-24-40(48(4,5)6)31-46(50)44(35)30-39/h7-15,17-31H,16,32H2,1-6H3/q+2/b17-12+. The molecule has 0 radical (unpaired) electrons. The molecule has 0 bridgehead atoms. The number of aromatic nitrogens is 2. The summed E-state index contributed by atoms with van der Waals surface area (Å²) in [5, 5.41) is 5.10. The Bertz CT molecular complexity index is 2440. The van der Waals surface area contributed by atoms with Gasteiger partial charge in [-0.1, -0.05) is 133 Å². The average molecular weight is 651 g/mol. The molecule has 3 heterocycles. The van der Waals surface area contributed by atoms with Gasteiger partial charge in [0.2, 0.25) is 11.4 Å². The zero-order valence-corrected chi connectivity index (χ0v) is 30.2. The van der Waals surface area contributed by atoms with Crippen molar-refractivity contribution < 1.29 is 9.13 Å². The fraction of sp³-hybridized carbons (Fsp3) is 0.208. The zero-order valence-electron chi connectivity index (χ0n) is 30.2. The molecule has 8 rings (SSSR count). The second kappa shape index (κ2) is 12.2. The Balaban J connectivity index is 1.43. The van der Waals surface area contributed by atoms with Crippen LogP contribution in [-0.2, 0) is 23.9 Å². The lowest BCUT2D eigenvalue weighted by Gasteiger charge is -2.22. The molecular weight excluding hydrogens is 605 g/mol. The molecule has 246 valence electrons. The van der Waals surface area contributed by atoms with Crippen molar-refractivity contribution in [2.24, 2.45) is 0 Å². The van der Waals surface area contributed by atoms with Crippen molar-refractivity contribution in [1.29, 1.82) is 0 Å². The van der Waals surface area contributed by atoms with E-state index in [1.54, 1.807) is 0 Å². The fourth-order valence-corrected chi connectivity index (χ4v) is 7.41. The minimum atomic E-state index is 0.0286. The Morgan fingerprint density at radius 2 is 1.18 bits per heavy atom. The smallest absolute Gasteiger partial charge is 0.139 e. The van der Waals surface area contributed by atoms with Gasteiger partial charge in [0.1, 0.15) is 0 Å². The maximum atomic E-state index is 2.45. The lowest BCUT2D eigenvalue weighted by molar-refractivity contribution is -0.903. The molecule has 1 aliphatic rings. The first-order valence-corrected chi connectivity index (χ1v) is 17.9. The molecule has 2 heteroatoms. The summed E-state index contributed by atoms with van der Waals surface area (Å²) in [6, 6.07) is 45.4. The van der Waals surface area contributed by atoms with Crippen molar-refractivity contribution in [3.05, 3.63) is 162 Å². The van der Waals surface area contributed by atoms with E-state index < -0.39 is 0 Å². The van der Waals surface area contributed by atoms with Gasteiger partial charge in [0.15, 0.2) is 12.4 Å². The molecule has 5 aromatic carbocycles. The highest BCUT2D eigenvalue weighted by Crippen LogP contribution is 2.36. The summed E-state index contributed by atoms with van der Waals surface area (Å²) in [5.74, 6) is 0. The Morgan fingerprint density at radius 3 is 1.96 bits per heavy atom. The van der Waals surface area contributed by atoms with E-state index in [1.807, 2.05) is 0 Å². The number of hydrogen-bond donors (Lipinski definition) is 0. The van der Waals surface area contributed by atoms with Crippen LogP contribution in [0.15, 0.2) is 140 Å². The number of nitrogens with zero attached hydrogens (tertiary/aromatic N) is 2. The van der Waals surface area contributed by atoms with Crippen LogP contribution in [0.4, 0.5) is 0 Å². The lowest BCUT2D eigenvalue weighted by Crippen LogP contribution is -2.53. The SMILES string of the molecule is CC(C)(C)c1ccc2c(c1)-c1cc(C(C)(C)C)cc[n+]1C[n+]1ccc(-c3ccccc3)cc1-c1cc3ccc4ccccc4c3cc1/C=C/C2. The zero-order chi connectivity index (χ0) is 34.6. The third-order valence-electron chi connectivity index (χ3n) is 10.4. The lowest BCUT2D eigenvalue weighted by atomic mass is 9.83. The van der Waals surface area contributed by atoms with Gasteiger partial charge in [0, 0.05) is 24.3 Å². The van der Waals surface area contributed by atoms with Crippen LogP contribution >= 0.6 is 0 Å². The molecule has 2 aromatic heterocycles. The Hall–Kier alpha value is -5.34. The minimum absolute atomic E-state index is 0.0286. The molecule has 1 aliphatic heterocycles. The van der Waals surface area contributed by atoms with Gasteiger partial charge in [-0.15, -0.1) is 9.13 Å². The third-order valence-corrected chi connectivity index (χ3v) is 10.4. The maximum Gasteiger partial charge on any atom is 0.344 e. The van der Waals surface area contributed by atoms with Gasteiger partial charge >= 0.3 is 6.67 Å². The van der Waals surface area contributed by atoms with E-state index in [4.69, 9.17) is 0 Å². The van der Waals surface area contributed by atoms with Crippen molar-refractivity contribution in [1.82, 2.24) is 0 Å². The highest BCUT2D eigenvalue weighted by molar-refractivity contribution is 6.09. The first-order valence-electron chi connectivity index (χ1n) is 17.9. The quantitative estimate of drug-likeness (QED) is 0.123. The molecule has 0 spiro atoms. The normalized spacial score (nSPS) is 13.8. The van der Waals surface area contributed by atoms with Crippen LogP contribution in [0.25, 0.3) is 61.3 Å². The van der Waals surface area contributed by atoms with Crippen LogP contribution in [0.5, 0.6) is 0 Å². The van der Waals surface area contributed by atoms with E-state index in [-0.39, 0.29) is 10.8 Å². The van der Waals surface area contributed by atoms with Crippen molar-refractivity contribution >= 4 is 27.6 Å². The highest BCUT2D eigenvalue weighted by atomic mass is 15.1. The molecule has 0 atom stereocenters. The number of allylic oxidation sites excluding steroid dienone is 1. The van der Waals surface area contributed by atoms with Gasteiger partial charge in [0.05, 0.1) is 11.1 Å². The number of pyridine rings is 2. The second-order valence-corrected chi connectivity index (χ2v) is 16.0. The fourth-order valence-electron chi connectivity index (χ4n) is 7.41. The number of benzene rings is 5. The minimum Gasteiger partial charge on any atom is -0.139 e. The Morgan fingerprint density at radius 1 is 0.500 bits per heavy atom. The van der Waals surface area contributed by atoms with Crippen molar-refractivity contribution in [2.45, 2.75) is 65.5 Å². The molecule has 0 N–H and O–H groups in total. The van der Waals surface area contributed by atoms with E-state index >= 15 is 0 Å². The number of hydrogen-bond acceptors (Lipinski definition) is 0. The average Bonchev–Trinajstić information content (AvgIpc) is 3.11. The van der Waals surface area contributed by atoms with Crippen LogP contribution in [-0.4, -0.2) is 0 Å². The predicted molar refractivity (Wildman–Crippen MR) is 210 cm³/mol. The Labute approximate surface area is 297 Å². The molecule has 0 unspecified atom stereocenters. The largest absolute Gasteiger partial charge is 0.344 e. The van der Waals surface area contributed by atoms with Crippen molar-refractivity contribution in [2.75, 3.05) is 0 Å². The summed E-state index contributed by atoms with van der Waals surface area (Å²) in [6.07, 6.45) is 10.2. The number of rotatable bonds is 1. The summed E-state index contributed by atoms with van der Waals surface area (Å²) in [7, 11) is 0. The van der Waals surface area contributed by atoms with E-state index in [0.29, 0.717) is 6.67 Å². The van der Waals surface area contributed by atoms with E-state index in [2.05, 4.69) is 197 Å². The van der Waals surface area contributed by atoms with E-state index in [1.165, 1.54) is 77.4 Å². The van der Waals surface area contributed by atoms with Crippen molar-refractivity contribution in [3.8, 4) is 33.6 Å². The molecule has 0 fully saturated rings. The summed E-state index contributed by atoms with van der Waals surface area (Å²) in [4.78, 5) is 0. The van der Waals surface area contributed by atoms with E-state index in [0.717, 1.165) is 6.42 Å². The molecule has 0 amide bonds. The van der Waals surface area contributed by atoms with Gasteiger partial charge in [0.25, 0.3) is 0 Å². The number of fused-ring (bicyclic) bond motifs is 9. The van der Waals surface area contributed by atoms with Gasteiger partial charge < -0.3 is 0 Å². The van der Waals surface area contributed by atoms with E-state index in [9.17, 15) is 0 Å². The first kappa shape index (κ1) is 31.9. The molecule has 50 heavy (non-hydrogen) atoms. The van der Waals surface area contributed by atoms with Gasteiger partial charge in [-0.2, -0.15) is 0 Å². The summed E-state index contributed by atoms with van der Waals surface area (Å²) in [5.41, 5.74) is 12.8. The van der Waals surface area contributed by atoms with Crippen LogP contribution < -0.4 is 9.13 Å². The van der Waals surface area contributed by atoms with Gasteiger partial charge in [-0.05, 0) is 90.4 Å². The molecule has 0 saturated heterocycles.